The summed E-state index contributed by atoms with van der Waals surface area (Å²) in [5.74, 6) is 1.74. The molecule has 0 aliphatic rings. The minimum atomic E-state index is 0.286. The lowest BCUT2D eigenvalue weighted by atomic mass is 10.0. The smallest absolute Gasteiger partial charge is 0.180 e. The third-order valence-electron chi connectivity index (χ3n) is 5.91. The van der Waals surface area contributed by atoms with Crippen LogP contribution in [0.4, 0.5) is 0 Å². The van der Waals surface area contributed by atoms with Crippen LogP contribution in [0.3, 0.4) is 0 Å². The Bertz CT molecular complexity index is 1130. The van der Waals surface area contributed by atoms with Gasteiger partial charge in [-0.25, -0.2) is 15.0 Å². The summed E-state index contributed by atoms with van der Waals surface area (Å²) in [6.45, 7) is 4.33. The van der Waals surface area contributed by atoms with Gasteiger partial charge in [-0.15, -0.1) is 0 Å². The number of hydrogen-bond donors (Lipinski definition) is 1. The Morgan fingerprint density at radius 1 is 0.939 bits per heavy atom. The summed E-state index contributed by atoms with van der Waals surface area (Å²) < 4.78 is 0. The van der Waals surface area contributed by atoms with Gasteiger partial charge < -0.3 is 9.88 Å². The fourth-order valence-electron chi connectivity index (χ4n) is 3.95. The van der Waals surface area contributed by atoms with Crippen molar-refractivity contribution in [3.63, 3.8) is 0 Å². The molecular formula is C27H30ClN5. The number of benzene rings is 2. The van der Waals surface area contributed by atoms with Crippen LogP contribution in [-0.2, 0) is 6.42 Å². The zero-order valence-electron chi connectivity index (χ0n) is 19.2. The Morgan fingerprint density at radius 2 is 1.67 bits per heavy atom. The first kappa shape index (κ1) is 23.1. The number of H-pyrrole nitrogens is 1. The largest absolute Gasteiger partial charge is 0.341 e. The Hall–Kier alpha value is -3.02. The average Bonchev–Trinajstić information content (AvgIpc) is 3.30. The summed E-state index contributed by atoms with van der Waals surface area (Å²) in [7, 11) is 2.20. The molecule has 0 saturated carbocycles. The van der Waals surface area contributed by atoms with Gasteiger partial charge in [0.2, 0.25) is 0 Å². The lowest BCUT2D eigenvalue weighted by Crippen LogP contribution is -2.22. The molecule has 6 heteroatoms. The summed E-state index contributed by atoms with van der Waals surface area (Å²) in [6, 6.07) is 20.2. The van der Waals surface area contributed by atoms with Crippen molar-refractivity contribution >= 4 is 11.6 Å². The highest BCUT2D eigenvalue weighted by molar-refractivity contribution is 6.30. The standard InChI is InChI=1S/C27H30ClN5/c1-20(15-19-33(2)18-6-10-21-8-4-3-5-9-21)24-25(27-29-16-7-17-30-27)32-26(31-24)22-11-13-23(28)14-12-22/h3-5,7-9,11-14,16-17,20H,6,10,15,18-19H2,1-2H3,(H,31,32). The van der Waals surface area contributed by atoms with E-state index in [1.54, 1.807) is 12.4 Å². The molecule has 1 unspecified atom stereocenters. The van der Waals surface area contributed by atoms with Gasteiger partial charge in [0.15, 0.2) is 5.82 Å². The van der Waals surface area contributed by atoms with Gasteiger partial charge in [-0.3, -0.25) is 0 Å². The lowest BCUT2D eigenvalue weighted by molar-refractivity contribution is 0.316. The number of nitrogens with one attached hydrogen (secondary N) is 1. The molecule has 5 nitrogen and oxygen atoms in total. The lowest BCUT2D eigenvalue weighted by Gasteiger charge is -2.19. The van der Waals surface area contributed by atoms with E-state index in [1.807, 2.05) is 30.3 Å². The van der Waals surface area contributed by atoms with Crippen molar-refractivity contribution in [1.29, 1.82) is 0 Å². The Labute approximate surface area is 200 Å². The monoisotopic (exact) mass is 459 g/mol. The fourth-order valence-corrected chi connectivity index (χ4v) is 4.07. The minimum Gasteiger partial charge on any atom is -0.341 e. The van der Waals surface area contributed by atoms with Crippen LogP contribution >= 0.6 is 11.6 Å². The van der Waals surface area contributed by atoms with Crippen LogP contribution in [0.25, 0.3) is 22.9 Å². The molecule has 0 aliphatic heterocycles. The van der Waals surface area contributed by atoms with E-state index in [-0.39, 0.29) is 5.92 Å². The molecule has 2 aromatic heterocycles. The molecule has 0 saturated heterocycles. The number of hydrogen-bond acceptors (Lipinski definition) is 4. The van der Waals surface area contributed by atoms with Gasteiger partial charge >= 0.3 is 0 Å². The predicted octanol–water partition coefficient (Wildman–Crippen LogP) is 6.25. The van der Waals surface area contributed by atoms with Crippen molar-refractivity contribution in [2.45, 2.75) is 32.1 Å². The number of rotatable bonds is 10. The van der Waals surface area contributed by atoms with Crippen LogP contribution in [-0.4, -0.2) is 45.0 Å². The van der Waals surface area contributed by atoms with Crippen molar-refractivity contribution < 1.29 is 0 Å². The maximum Gasteiger partial charge on any atom is 0.180 e. The van der Waals surface area contributed by atoms with Gasteiger partial charge in [-0.05, 0) is 81.2 Å². The van der Waals surface area contributed by atoms with Gasteiger partial charge in [0.25, 0.3) is 0 Å². The van der Waals surface area contributed by atoms with Crippen LogP contribution in [0, 0.1) is 0 Å². The molecule has 33 heavy (non-hydrogen) atoms. The molecule has 0 aliphatic carbocycles. The first-order valence-corrected chi connectivity index (χ1v) is 11.8. The van der Waals surface area contributed by atoms with Gasteiger partial charge in [0, 0.05) is 28.7 Å². The number of aromatic amines is 1. The molecule has 0 bridgehead atoms. The van der Waals surface area contributed by atoms with E-state index in [2.05, 4.69) is 64.2 Å². The zero-order chi connectivity index (χ0) is 23.0. The van der Waals surface area contributed by atoms with Gasteiger partial charge in [0.1, 0.15) is 11.5 Å². The second-order valence-electron chi connectivity index (χ2n) is 8.51. The van der Waals surface area contributed by atoms with E-state index in [0.717, 1.165) is 55.1 Å². The molecule has 4 aromatic rings. The highest BCUT2D eigenvalue weighted by Gasteiger charge is 2.20. The molecule has 0 radical (unpaired) electrons. The van der Waals surface area contributed by atoms with E-state index < -0.39 is 0 Å². The van der Waals surface area contributed by atoms with Crippen LogP contribution in [0.2, 0.25) is 5.02 Å². The Balaban J connectivity index is 1.43. The van der Waals surface area contributed by atoms with Crippen molar-refractivity contribution in [2.75, 3.05) is 20.1 Å². The fraction of sp³-hybridized carbons (Fsp3) is 0.296. The number of halogens is 1. The van der Waals surface area contributed by atoms with E-state index >= 15 is 0 Å². The molecule has 170 valence electrons. The summed E-state index contributed by atoms with van der Waals surface area (Å²) in [4.78, 5) is 19.7. The SMILES string of the molecule is CC(CCN(C)CCCc1ccccc1)c1[nH]c(-c2ccc(Cl)cc2)nc1-c1ncccn1. The first-order chi connectivity index (χ1) is 16.1. The number of aromatic nitrogens is 4. The molecule has 1 N–H and O–H groups in total. The topological polar surface area (TPSA) is 57.7 Å². The molecule has 0 fully saturated rings. The van der Waals surface area contributed by atoms with E-state index in [1.165, 1.54) is 5.56 Å². The van der Waals surface area contributed by atoms with Gasteiger partial charge in [0.05, 0.1) is 0 Å². The summed E-state index contributed by atoms with van der Waals surface area (Å²) in [6.07, 6.45) is 6.80. The summed E-state index contributed by atoms with van der Waals surface area (Å²) in [5.41, 5.74) is 4.29. The van der Waals surface area contributed by atoms with Crippen LogP contribution in [0.15, 0.2) is 73.1 Å². The average molecular weight is 460 g/mol. The second-order valence-corrected chi connectivity index (χ2v) is 8.95. The highest BCUT2D eigenvalue weighted by atomic mass is 35.5. The van der Waals surface area contributed by atoms with Crippen LogP contribution < -0.4 is 0 Å². The Kier molecular flexibility index (Phi) is 7.87. The maximum atomic E-state index is 6.07. The molecule has 1 atom stereocenters. The van der Waals surface area contributed by atoms with E-state index in [9.17, 15) is 0 Å². The number of imidazole rings is 1. The minimum absolute atomic E-state index is 0.286. The third kappa shape index (κ3) is 6.28. The Morgan fingerprint density at radius 3 is 2.39 bits per heavy atom. The molecule has 4 rings (SSSR count). The molecular weight excluding hydrogens is 430 g/mol. The van der Waals surface area contributed by atoms with E-state index in [0.29, 0.717) is 10.8 Å². The first-order valence-electron chi connectivity index (χ1n) is 11.5. The molecule has 2 aromatic carbocycles. The second kappa shape index (κ2) is 11.2. The maximum absolute atomic E-state index is 6.07. The summed E-state index contributed by atoms with van der Waals surface area (Å²) in [5, 5.41) is 0.709. The number of aryl methyl sites for hydroxylation is 1. The van der Waals surface area contributed by atoms with Gasteiger partial charge in [-0.1, -0.05) is 48.9 Å². The third-order valence-corrected chi connectivity index (χ3v) is 6.16. The van der Waals surface area contributed by atoms with Crippen LogP contribution in [0.5, 0.6) is 0 Å². The van der Waals surface area contributed by atoms with Crippen molar-refractivity contribution in [2.24, 2.45) is 0 Å². The number of nitrogens with zero attached hydrogens (tertiary/aromatic N) is 4. The van der Waals surface area contributed by atoms with Crippen molar-refractivity contribution in [3.8, 4) is 22.9 Å². The predicted molar refractivity (Wildman–Crippen MR) is 135 cm³/mol. The normalized spacial score (nSPS) is 12.2. The molecule has 0 amide bonds. The summed E-state index contributed by atoms with van der Waals surface area (Å²) >= 11 is 6.07. The van der Waals surface area contributed by atoms with Crippen LogP contribution in [0.1, 0.15) is 36.9 Å². The zero-order valence-corrected chi connectivity index (χ0v) is 20.0. The van der Waals surface area contributed by atoms with E-state index in [4.69, 9.17) is 16.6 Å². The molecule has 0 spiro atoms. The highest BCUT2D eigenvalue weighted by Crippen LogP contribution is 2.31. The molecule has 2 heterocycles. The van der Waals surface area contributed by atoms with Crippen molar-refractivity contribution in [1.82, 2.24) is 24.8 Å². The van der Waals surface area contributed by atoms with Gasteiger partial charge in [-0.2, -0.15) is 0 Å². The van der Waals surface area contributed by atoms with Crippen molar-refractivity contribution in [3.05, 3.63) is 89.3 Å². The quantitative estimate of drug-likeness (QED) is 0.304.